The SMILES string of the molecule is O=[N+]([O-])c1cnc2c(Br)ccc(I)c2c1Cl. The highest BCUT2D eigenvalue weighted by molar-refractivity contribution is 14.1. The molecule has 1 heterocycles. The van der Waals surface area contributed by atoms with Gasteiger partial charge in [-0.05, 0) is 50.7 Å². The Hall–Kier alpha value is -0.470. The number of nitrogens with zero attached hydrogens (tertiary/aromatic N) is 2. The largest absolute Gasteiger partial charge is 0.306 e. The highest BCUT2D eigenvalue weighted by Gasteiger charge is 2.18. The van der Waals surface area contributed by atoms with E-state index in [1.165, 1.54) is 6.20 Å². The van der Waals surface area contributed by atoms with Gasteiger partial charge in [0, 0.05) is 13.4 Å². The van der Waals surface area contributed by atoms with Crippen molar-refractivity contribution in [3.05, 3.63) is 41.5 Å². The zero-order chi connectivity index (χ0) is 11.9. The summed E-state index contributed by atoms with van der Waals surface area (Å²) in [6, 6.07) is 3.66. The second-order valence-corrected chi connectivity index (χ2v) is 5.36. The molecule has 7 heteroatoms. The van der Waals surface area contributed by atoms with Crippen molar-refractivity contribution in [2.45, 2.75) is 0 Å². The van der Waals surface area contributed by atoms with Crippen LogP contribution in [0.3, 0.4) is 0 Å². The Morgan fingerprint density at radius 1 is 1.50 bits per heavy atom. The second-order valence-electron chi connectivity index (χ2n) is 2.97. The molecule has 0 amide bonds. The highest BCUT2D eigenvalue weighted by atomic mass is 127. The van der Waals surface area contributed by atoms with E-state index in [0.29, 0.717) is 10.9 Å². The third-order valence-corrected chi connectivity index (χ3v) is 3.96. The second kappa shape index (κ2) is 4.42. The van der Waals surface area contributed by atoms with Crippen molar-refractivity contribution in [1.82, 2.24) is 4.98 Å². The fourth-order valence-corrected chi connectivity index (χ4v) is 2.92. The maximum absolute atomic E-state index is 10.7. The van der Waals surface area contributed by atoms with Crippen molar-refractivity contribution >= 4 is 66.7 Å². The quantitative estimate of drug-likeness (QED) is 0.401. The Morgan fingerprint density at radius 2 is 2.19 bits per heavy atom. The molecule has 0 aliphatic rings. The maximum Gasteiger partial charge on any atom is 0.306 e. The minimum absolute atomic E-state index is 0.126. The first-order valence-electron chi connectivity index (χ1n) is 4.09. The highest BCUT2D eigenvalue weighted by Crippen LogP contribution is 2.36. The summed E-state index contributed by atoms with van der Waals surface area (Å²) in [5, 5.41) is 11.5. The first-order valence-corrected chi connectivity index (χ1v) is 6.34. The summed E-state index contributed by atoms with van der Waals surface area (Å²) in [7, 11) is 0. The summed E-state index contributed by atoms with van der Waals surface area (Å²) in [5.74, 6) is 0. The molecule has 1 aromatic carbocycles. The first-order chi connectivity index (χ1) is 7.52. The predicted octanol–water partition coefficient (Wildman–Crippen LogP) is 4.16. The molecule has 16 heavy (non-hydrogen) atoms. The summed E-state index contributed by atoms with van der Waals surface area (Å²) < 4.78 is 1.59. The normalized spacial score (nSPS) is 10.7. The van der Waals surface area contributed by atoms with E-state index in [4.69, 9.17) is 11.6 Å². The molecule has 0 saturated carbocycles. The molecule has 4 nitrogen and oxygen atoms in total. The van der Waals surface area contributed by atoms with Crippen LogP contribution in [0, 0.1) is 13.7 Å². The fourth-order valence-electron chi connectivity index (χ4n) is 1.31. The van der Waals surface area contributed by atoms with E-state index in [0.717, 1.165) is 8.04 Å². The lowest BCUT2D eigenvalue weighted by atomic mass is 10.2. The van der Waals surface area contributed by atoms with E-state index in [1.807, 2.05) is 12.1 Å². The van der Waals surface area contributed by atoms with Crippen LogP contribution in [0.5, 0.6) is 0 Å². The van der Waals surface area contributed by atoms with Gasteiger partial charge < -0.3 is 0 Å². The monoisotopic (exact) mass is 412 g/mol. The van der Waals surface area contributed by atoms with Gasteiger partial charge in [0.05, 0.1) is 10.4 Å². The molecule has 0 bridgehead atoms. The molecule has 2 aromatic rings. The van der Waals surface area contributed by atoms with Crippen LogP contribution < -0.4 is 0 Å². The van der Waals surface area contributed by atoms with Gasteiger partial charge in [-0.2, -0.15) is 0 Å². The number of benzene rings is 1. The molecular weight excluding hydrogens is 410 g/mol. The Balaban J connectivity index is 2.94. The molecular formula is C9H3BrClIN2O2. The summed E-state index contributed by atoms with van der Waals surface area (Å²) >= 11 is 11.4. The minimum atomic E-state index is -0.536. The summed E-state index contributed by atoms with van der Waals surface area (Å²) in [6.45, 7) is 0. The van der Waals surface area contributed by atoms with Gasteiger partial charge in [0.2, 0.25) is 0 Å². The zero-order valence-electron chi connectivity index (χ0n) is 7.58. The fraction of sp³-hybridized carbons (Fsp3) is 0. The number of rotatable bonds is 1. The van der Waals surface area contributed by atoms with Crippen LogP contribution in [0.25, 0.3) is 10.9 Å². The van der Waals surface area contributed by atoms with Gasteiger partial charge in [0.1, 0.15) is 11.2 Å². The molecule has 0 N–H and O–H groups in total. The van der Waals surface area contributed by atoms with Crippen LogP contribution in [0.4, 0.5) is 5.69 Å². The van der Waals surface area contributed by atoms with Crippen LogP contribution >= 0.6 is 50.1 Å². The van der Waals surface area contributed by atoms with Crippen molar-refractivity contribution in [3.8, 4) is 0 Å². The Kier molecular flexibility index (Phi) is 3.32. The number of halogens is 3. The minimum Gasteiger partial charge on any atom is -0.258 e. The van der Waals surface area contributed by atoms with Gasteiger partial charge >= 0.3 is 5.69 Å². The Bertz CT molecular complexity index is 606. The molecule has 0 saturated heterocycles. The van der Waals surface area contributed by atoms with E-state index in [9.17, 15) is 10.1 Å². The standard InChI is InChI=1S/C9H3BrClIN2O2/c10-4-1-2-5(12)7-8(11)6(14(15)16)3-13-9(4)7/h1-3H. The van der Waals surface area contributed by atoms with E-state index in [1.54, 1.807) is 0 Å². The van der Waals surface area contributed by atoms with Crippen LogP contribution in [-0.2, 0) is 0 Å². The lowest BCUT2D eigenvalue weighted by molar-refractivity contribution is -0.384. The number of nitro groups is 1. The van der Waals surface area contributed by atoms with E-state index >= 15 is 0 Å². The molecule has 0 unspecified atom stereocenters. The van der Waals surface area contributed by atoms with Crippen LogP contribution in [0.15, 0.2) is 22.8 Å². The smallest absolute Gasteiger partial charge is 0.258 e. The van der Waals surface area contributed by atoms with Crippen molar-refractivity contribution in [2.24, 2.45) is 0 Å². The molecule has 0 fully saturated rings. The molecule has 1 aromatic heterocycles. The van der Waals surface area contributed by atoms with Crippen molar-refractivity contribution in [2.75, 3.05) is 0 Å². The topological polar surface area (TPSA) is 56.0 Å². The van der Waals surface area contributed by atoms with Gasteiger partial charge in [-0.1, -0.05) is 11.6 Å². The van der Waals surface area contributed by atoms with Crippen LogP contribution in [-0.4, -0.2) is 9.91 Å². The van der Waals surface area contributed by atoms with Gasteiger partial charge in [-0.15, -0.1) is 0 Å². The van der Waals surface area contributed by atoms with E-state index in [-0.39, 0.29) is 10.7 Å². The van der Waals surface area contributed by atoms with E-state index in [2.05, 4.69) is 43.5 Å². The third kappa shape index (κ3) is 1.89. The lowest BCUT2D eigenvalue weighted by Crippen LogP contribution is -1.93. The molecule has 0 radical (unpaired) electrons. The molecule has 0 atom stereocenters. The zero-order valence-corrected chi connectivity index (χ0v) is 12.1. The van der Waals surface area contributed by atoms with Crippen LogP contribution in [0.2, 0.25) is 5.02 Å². The number of aromatic nitrogens is 1. The number of hydrogen-bond donors (Lipinski definition) is 0. The lowest BCUT2D eigenvalue weighted by Gasteiger charge is -2.04. The van der Waals surface area contributed by atoms with Gasteiger partial charge in [0.25, 0.3) is 0 Å². The predicted molar refractivity (Wildman–Crippen MR) is 73.8 cm³/mol. The Labute approximate surface area is 117 Å². The summed E-state index contributed by atoms with van der Waals surface area (Å²) in [5.41, 5.74) is 0.452. The molecule has 0 aliphatic heterocycles. The average Bonchev–Trinajstić information content (AvgIpc) is 2.23. The maximum atomic E-state index is 10.7. The third-order valence-electron chi connectivity index (χ3n) is 2.03. The van der Waals surface area contributed by atoms with E-state index < -0.39 is 4.92 Å². The number of pyridine rings is 1. The number of fused-ring (bicyclic) bond motifs is 1. The van der Waals surface area contributed by atoms with Crippen LogP contribution in [0.1, 0.15) is 0 Å². The number of hydrogen-bond acceptors (Lipinski definition) is 3. The van der Waals surface area contributed by atoms with Gasteiger partial charge in [-0.25, -0.2) is 4.98 Å². The van der Waals surface area contributed by atoms with Gasteiger partial charge in [-0.3, -0.25) is 10.1 Å². The van der Waals surface area contributed by atoms with Gasteiger partial charge in [0.15, 0.2) is 0 Å². The summed E-state index contributed by atoms with van der Waals surface area (Å²) in [4.78, 5) is 14.2. The molecule has 82 valence electrons. The summed E-state index contributed by atoms with van der Waals surface area (Å²) in [6.07, 6.45) is 1.17. The average molecular weight is 413 g/mol. The molecule has 0 spiro atoms. The molecule has 0 aliphatic carbocycles. The Morgan fingerprint density at radius 3 is 2.81 bits per heavy atom. The van der Waals surface area contributed by atoms with Crippen molar-refractivity contribution < 1.29 is 4.92 Å². The van der Waals surface area contributed by atoms with Crippen molar-refractivity contribution in [3.63, 3.8) is 0 Å². The molecule has 2 rings (SSSR count). The first kappa shape index (κ1) is 12.0. The van der Waals surface area contributed by atoms with Crippen molar-refractivity contribution in [1.29, 1.82) is 0 Å².